The molecular weight excluding hydrogens is 421 g/mol. The second kappa shape index (κ2) is 8.52. The van der Waals surface area contributed by atoms with Gasteiger partial charge in [0, 0.05) is 31.9 Å². The highest BCUT2D eigenvalue weighted by molar-refractivity contribution is 9.10. The molecule has 0 heterocycles. The van der Waals surface area contributed by atoms with E-state index >= 15 is 0 Å². The number of halogens is 3. The lowest BCUT2D eigenvalue weighted by Gasteiger charge is -2.11. The normalized spacial score (nSPS) is 11.0. The van der Waals surface area contributed by atoms with Crippen LogP contribution in [-0.4, -0.2) is 6.21 Å². The molecule has 0 N–H and O–H groups in total. The summed E-state index contributed by atoms with van der Waals surface area (Å²) in [7, 11) is 0. The molecule has 3 aromatic carbocycles. The molecule has 0 radical (unpaired) electrons. The number of hydrogen-bond donors (Lipinski definition) is 0. The van der Waals surface area contributed by atoms with Crippen molar-refractivity contribution in [3.63, 3.8) is 0 Å². The van der Waals surface area contributed by atoms with E-state index in [4.69, 9.17) is 27.9 Å². The molecule has 0 aromatic heterocycles. The summed E-state index contributed by atoms with van der Waals surface area (Å²) < 4.78 is 6.91. The highest BCUT2D eigenvalue weighted by Gasteiger charge is 2.06. The standard InChI is InChI=1S/C20H14BrCl2NO/c21-16-7-9-20(25-13-14-6-8-17(22)11-19(14)23)15(10-16)12-24-18-4-2-1-3-5-18/h1-12H,13H2. The quantitative estimate of drug-likeness (QED) is 0.393. The summed E-state index contributed by atoms with van der Waals surface area (Å²) in [6, 6.07) is 20.9. The summed E-state index contributed by atoms with van der Waals surface area (Å²) >= 11 is 15.6. The third kappa shape index (κ3) is 5.08. The Morgan fingerprint density at radius 2 is 1.76 bits per heavy atom. The average molecular weight is 435 g/mol. The lowest BCUT2D eigenvalue weighted by Crippen LogP contribution is -1.99. The number of ether oxygens (including phenoxy) is 1. The zero-order chi connectivity index (χ0) is 17.6. The van der Waals surface area contributed by atoms with Crippen LogP contribution >= 0.6 is 39.1 Å². The van der Waals surface area contributed by atoms with Crippen LogP contribution in [0.4, 0.5) is 5.69 Å². The minimum absolute atomic E-state index is 0.351. The van der Waals surface area contributed by atoms with E-state index in [-0.39, 0.29) is 0 Å². The Morgan fingerprint density at radius 3 is 2.52 bits per heavy atom. The van der Waals surface area contributed by atoms with Gasteiger partial charge in [0.2, 0.25) is 0 Å². The molecule has 0 spiro atoms. The molecular formula is C20H14BrCl2NO. The Morgan fingerprint density at radius 1 is 0.960 bits per heavy atom. The van der Waals surface area contributed by atoms with E-state index in [1.165, 1.54) is 0 Å². The maximum atomic E-state index is 6.20. The molecule has 0 bridgehead atoms. The molecule has 2 nitrogen and oxygen atoms in total. The van der Waals surface area contributed by atoms with Gasteiger partial charge in [0.15, 0.2) is 0 Å². The van der Waals surface area contributed by atoms with Crippen molar-refractivity contribution in [2.75, 3.05) is 0 Å². The van der Waals surface area contributed by atoms with E-state index in [0.717, 1.165) is 27.0 Å². The van der Waals surface area contributed by atoms with Crippen LogP contribution in [0.1, 0.15) is 11.1 Å². The Bertz CT molecular complexity index is 897. The lowest BCUT2D eigenvalue weighted by molar-refractivity contribution is 0.306. The van der Waals surface area contributed by atoms with Gasteiger partial charge in [0.05, 0.1) is 5.69 Å². The summed E-state index contributed by atoms with van der Waals surface area (Å²) in [6.45, 7) is 0.351. The van der Waals surface area contributed by atoms with Gasteiger partial charge in [-0.25, -0.2) is 0 Å². The number of hydrogen-bond acceptors (Lipinski definition) is 2. The Balaban J connectivity index is 1.80. The first-order valence-electron chi connectivity index (χ1n) is 7.57. The highest BCUT2D eigenvalue weighted by atomic mass is 79.9. The molecule has 0 amide bonds. The fourth-order valence-corrected chi connectivity index (χ4v) is 3.05. The van der Waals surface area contributed by atoms with Crippen molar-refractivity contribution < 1.29 is 4.74 Å². The van der Waals surface area contributed by atoms with E-state index in [2.05, 4.69) is 20.9 Å². The maximum absolute atomic E-state index is 6.20. The van der Waals surface area contributed by atoms with Gasteiger partial charge >= 0.3 is 0 Å². The molecule has 0 saturated heterocycles. The van der Waals surface area contributed by atoms with Crippen molar-refractivity contribution >= 4 is 51.0 Å². The largest absolute Gasteiger partial charge is 0.488 e. The van der Waals surface area contributed by atoms with E-state index in [0.29, 0.717) is 16.7 Å². The fourth-order valence-electron chi connectivity index (χ4n) is 2.20. The summed E-state index contributed by atoms with van der Waals surface area (Å²) in [5.41, 5.74) is 2.64. The second-order valence-corrected chi connectivity index (χ2v) is 7.06. The molecule has 0 atom stereocenters. The molecule has 0 fully saturated rings. The highest BCUT2D eigenvalue weighted by Crippen LogP contribution is 2.26. The van der Waals surface area contributed by atoms with Gasteiger partial charge in [-0.15, -0.1) is 0 Å². The zero-order valence-corrected chi connectivity index (χ0v) is 16.2. The third-order valence-corrected chi connectivity index (χ3v) is 4.56. The first-order chi connectivity index (χ1) is 12.1. The zero-order valence-electron chi connectivity index (χ0n) is 13.1. The molecule has 0 aliphatic heterocycles. The van der Waals surface area contributed by atoms with Crippen LogP contribution < -0.4 is 4.74 Å². The first-order valence-corrected chi connectivity index (χ1v) is 9.12. The van der Waals surface area contributed by atoms with Gasteiger partial charge < -0.3 is 4.74 Å². The van der Waals surface area contributed by atoms with E-state index in [1.807, 2.05) is 54.6 Å². The molecule has 0 saturated carbocycles. The number of rotatable bonds is 5. The summed E-state index contributed by atoms with van der Waals surface area (Å²) in [5.74, 6) is 0.730. The SMILES string of the molecule is Clc1ccc(COc2ccc(Br)cc2C=Nc2ccccc2)c(Cl)c1. The number of aliphatic imine (C=N–C) groups is 1. The Hall–Kier alpha value is -1.81. The van der Waals surface area contributed by atoms with Crippen molar-refractivity contribution in [1.29, 1.82) is 0 Å². The van der Waals surface area contributed by atoms with Crippen molar-refractivity contribution in [2.45, 2.75) is 6.61 Å². The Labute approximate surface area is 165 Å². The Kier molecular flexibility index (Phi) is 6.14. The second-order valence-electron chi connectivity index (χ2n) is 5.30. The molecule has 126 valence electrons. The summed E-state index contributed by atoms with van der Waals surface area (Å²) in [5, 5.41) is 1.19. The van der Waals surface area contributed by atoms with Gasteiger partial charge in [-0.3, -0.25) is 4.99 Å². The van der Waals surface area contributed by atoms with Crippen molar-refractivity contribution in [3.8, 4) is 5.75 Å². The lowest BCUT2D eigenvalue weighted by atomic mass is 10.2. The molecule has 0 aliphatic carbocycles. The first kappa shape index (κ1) is 18.0. The van der Waals surface area contributed by atoms with Crippen LogP contribution in [0.5, 0.6) is 5.75 Å². The molecule has 3 aromatic rings. The van der Waals surface area contributed by atoms with Gasteiger partial charge in [-0.1, -0.05) is 63.4 Å². The van der Waals surface area contributed by atoms with Crippen LogP contribution in [0.3, 0.4) is 0 Å². The number of para-hydroxylation sites is 1. The van der Waals surface area contributed by atoms with Crippen LogP contribution in [-0.2, 0) is 6.61 Å². The summed E-state index contributed by atoms with van der Waals surface area (Å²) in [6.07, 6.45) is 1.79. The molecule has 5 heteroatoms. The third-order valence-electron chi connectivity index (χ3n) is 3.48. The van der Waals surface area contributed by atoms with E-state index in [1.54, 1.807) is 18.3 Å². The van der Waals surface area contributed by atoms with Crippen LogP contribution in [0, 0.1) is 0 Å². The fraction of sp³-hybridized carbons (Fsp3) is 0.0500. The van der Waals surface area contributed by atoms with Gasteiger partial charge in [0.25, 0.3) is 0 Å². The smallest absolute Gasteiger partial charge is 0.128 e. The predicted molar refractivity (Wildman–Crippen MR) is 109 cm³/mol. The monoisotopic (exact) mass is 433 g/mol. The van der Waals surface area contributed by atoms with Crippen molar-refractivity contribution in [1.82, 2.24) is 0 Å². The van der Waals surface area contributed by atoms with Gasteiger partial charge in [0.1, 0.15) is 12.4 Å². The average Bonchev–Trinajstić information content (AvgIpc) is 2.61. The van der Waals surface area contributed by atoms with E-state index < -0.39 is 0 Å². The predicted octanol–water partition coefficient (Wildman–Crippen LogP) is 7.09. The van der Waals surface area contributed by atoms with Crippen molar-refractivity contribution in [3.05, 3.63) is 92.4 Å². The number of benzene rings is 3. The summed E-state index contributed by atoms with van der Waals surface area (Å²) in [4.78, 5) is 4.49. The van der Waals surface area contributed by atoms with Crippen LogP contribution in [0.15, 0.2) is 76.2 Å². The number of nitrogens with zero attached hydrogens (tertiary/aromatic N) is 1. The molecule has 0 aliphatic rings. The van der Waals surface area contributed by atoms with Gasteiger partial charge in [-0.05, 0) is 42.5 Å². The van der Waals surface area contributed by atoms with E-state index in [9.17, 15) is 0 Å². The molecule has 25 heavy (non-hydrogen) atoms. The van der Waals surface area contributed by atoms with Gasteiger partial charge in [-0.2, -0.15) is 0 Å². The maximum Gasteiger partial charge on any atom is 0.128 e. The minimum Gasteiger partial charge on any atom is -0.488 e. The van der Waals surface area contributed by atoms with Crippen LogP contribution in [0.2, 0.25) is 10.0 Å². The topological polar surface area (TPSA) is 21.6 Å². The minimum atomic E-state index is 0.351. The molecule has 0 unspecified atom stereocenters. The van der Waals surface area contributed by atoms with Crippen LogP contribution in [0.25, 0.3) is 0 Å². The molecule has 3 rings (SSSR count). The van der Waals surface area contributed by atoms with Crippen molar-refractivity contribution in [2.24, 2.45) is 4.99 Å².